The summed E-state index contributed by atoms with van der Waals surface area (Å²) in [4.78, 5) is 20.4. The number of hydrogen-bond acceptors (Lipinski definition) is 4. The van der Waals surface area contributed by atoms with Crippen molar-refractivity contribution in [3.05, 3.63) is 21.9 Å². The molecular weight excluding hydrogens is 258 g/mol. The Morgan fingerprint density at radius 1 is 1.26 bits per heavy atom. The molecule has 2 aliphatic heterocycles. The zero-order valence-electron chi connectivity index (χ0n) is 11.5. The lowest BCUT2D eigenvalue weighted by Crippen LogP contribution is -2.49. The third-order valence-electron chi connectivity index (χ3n) is 4.12. The monoisotopic (exact) mass is 279 g/mol. The van der Waals surface area contributed by atoms with E-state index in [0.29, 0.717) is 12.5 Å². The number of piperazine rings is 1. The van der Waals surface area contributed by atoms with Gasteiger partial charge in [-0.3, -0.25) is 9.69 Å². The van der Waals surface area contributed by atoms with E-state index in [1.165, 1.54) is 10.4 Å². The number of nitrogens with zero attached hydrogens (tertiary/aromatic N) is 3. The first-order valence-electron chi connectivity index (χ1n) is 6.96. The highest BCUT2D eigenvalue weighted by molar-refractivity contribution is 7.10. The maximum absolute atomic E-state index is 12.4. The molecule has 0 bridgehead atoms. The molecule has 1 aromatic rings. The van der Waals surface area contributed by atoms with E-state index in [1.54, 1.807) is 0 Å². The van der Waals surface area contributed by atoms with Gasteiger partial charge >= 0.3 is 0 Å². The second-order valence-electron chi connectivity index (χ2n) is 5.51. The summed E-state index contributed by atoms with van der Waals surface area (Å²) < 4.78 is 0. The van der Waals surface area contributed by atoms with Gasteiger partial charge in [0.05, 0.1) is 6.54 Å². The topological polar surface area (TPSA) is 26.8 Å². The van der Waals surface area contributed by atoms with E-state index in [2.05, 4.69) is 28.3 Å². The van der Waals surface area contributed by atoms with Crippen LogP contribution in [0.2, 0.25) is 0 Å². The van der Waals surface area contributed by atoms with Crippen LogP contribution in [0.25, 0.3) is 0 Å². The molecule has 1 fully saturated rings. The van der Waals surface area contributed by atoms with Crippen LogP contribution < -0.4 is 0 Å². The van der Waals surface area contributed by atoms with Crippen LogP contribution in [0, 0.1) is 0 Å². The molecule has 5 heteroatoms. The van der Waals surface area contributed by atoms with E-state index in [0.717, 1.165) is 45.7 Å². The highest BCUT2D eigenvalue weighted by atomic mass is 32.1. The summed E-state index contributed by atoms with van der Waals surface area (Å²) >= 11 is 1.82. The van der Waals surface area contributed by atoms with Crippen LogP contribution >= 0.6 is 11.3 Å². The molecule has 3 rings (SSSR count). The number of carbonyl (C=O) groups is 1. The van der Waals surface area contributed by atoms with Crippen molar-refractivity contribution in [3.8, 4) is 0 Å². The Bertz CT molecular complexity index is 451. The molecule has 0 unspecified atom stereocenters. The SMILES string of the molecule is CN1CCN(CC(=O)N2CCc3sccc3C2)CC1. The van der Waals surface area contributed by atoms with Gasteiger partial charge in [-0.2, -0.15) is 0 Å². The summed E-state index contributed by atoms with van der Waals surface area (Å²) in [7, 11) is 2.14. The number of amides is 1. The minimum absolute atomic E-state index is 0.293. The predicted molar refractivity (Wildman–Crippen MR) is 77.4 cm³/mol. The molecular formula is C14H21N3OS. The van der Waals surface area contributed by atoms with Crippen molar-refractivity contribution in [2.24, 2.45) is 0 Å². The summed E-state index contributed by atoms with van der Waals surface area (Å²) in [5, 5.41) is 2.14. The van der Waals surface area contributed by atoms with Crippen LogP contribution in [0.3, 0.4) is 0 Å². The fourth-order valence-corrected chi connectivity index (χ4v) is 3.65. The quantitative estimate of drug-likeness (QED) is 0.804. The first kappa shape index (κ1) is 13.1. The van der Waals surface area contributed by atoms with E-state index in [-0.39, 0.29) is 0 Å². The van der Waals surface area contributed by atoms with Crippen molar-refractivity contribution >= 4 is 17.2 Å². The molecule has 4 nitrogen and oxygen atoms in total. The van der Waals surface area contributed by atoms with Crippen molar-refractivity contribution in [1.29, 1.82) is 0 Å². The van der Waals surface area contributed by atoms with Gasteiger partial charge in [0.2, 0.25) is 5.91 Å². The third-order valence-corrected chi connectivity index (χ3v) is 5.14. The highest BCUT2D eigenvalue weighted by Gasteiger charge is 2.24. The van der Waals surface area contributed by atoms with Crippen molar-refractivity contribution < 1.29 is 4.79 Å². The van der Waals surface area contributed by atoms with Crippen LogP contribution in [-0.2, 0) is 17.8 Å². The standard InChI is InChI=1S/C14H21N3OS/c1-15-5-7-16(8-6-15)11-14(18)17-4-2-13-12(10-17)3-9-19-13/h3,9H,2,4-8,10-11H2,1H3. The molecule has 2 aliphatic rings. The zero-order valence-corrected chi connectivity index (χ0v) is 12.3. The Hall–Kier alpha value is -0.910. The minimum Gasteiger partial charge on any atom is -0.337 e. The average Bonchev–Trinajstić information content (AvgIpc) is 2.88. The molecule has 1 amide bonds. The van der Waals surface area contributed by atoms with Gasteiger partial charge in [-0.05, 0) is 30.5 Å². The second-order valence-corrected chi connectivity index (χ2v) is 6.51. The van der Waals surface area contributed by atoms with Gasteiger partial charge in [0.15, 0.2) is 0 Å². The van der Waals surface area contributed by atoms with Gasteiger partial charge < -0.3 is 9.80 Å². The molecule has 3 heterocycles. The van der Waals surface area contributed by atoms with Crippen LogP contribution in [0.15, 0.2) is 11.4 Å². The number of likely N-dealkylation sites (N-methyl/N-ethyl adjacent to an activating group) is 1. The molecule has 19 heavy (non-hydrogen) atoms. The lowest BCUT2D eigenvalue weighted by Gasteiger charge is -2.34. The number of hydrogen-bond donors (Lipinski definition) is 0. The summed E-state index contributed by atoms with van der Waals surface area (Å²) in [6, 6.07) is 2.16. The van der Waals surface area contributed by atoms with Crippen LogP contribution in [0.1, 0.15) is 10.4 Å². The first-order chi connectivity index (χ1) is 9.22. The van der Waals surface area contributed by atoms with Crippen LogP contribution in [0.4, 0.5) is 0 Å². The predicted octanol–water partition coefficient (Wildman–Crippen LogP) is 0.880. The van der Waals surface area contributed by atoms with Crippen molar-refractivity contribution in [2.75, 3.05) is 46.3 Å². The van der Waals surface area contributed by atoms with E-state index in [9.17, 15) is 4.79 Å². The van der Waals surface area contributed by atoms with Gasteiger partial charge in [0, 0.05) is 44.1 Å². The largest absolute Gasteiger partial charge is 0.337 e. The molecule has 0 atom stereocenters. The number of thiophene rings is 1. The average molecular weight is 279 g/mol. The van der Waals surface area contributed by atoms with E-state index in [4.69, 9.17) is 0 Å². The van der Waals surface area contributed by atoms with Gasteiger partial charge in [-0.15, -0.1) is 11.3 Å². The lowest BCUT2D eigenvalue weighted by atomic mass is 10.1. The van der Waals surface area contributed by atoms with Crippen LogP contribution in [-0.4, -0.2) is 66.9 Å². The van der Waals surface area contributed by atoms with Crippen LogP contribution in [0.5, 0.6) is 0 Å². The van der Waals surface area contributed by atoms with Crippen molar-refractivity contribution in [3.63, 3.8) is 0 Å². The Kier molecular flexibility index (Phi) is 3.86. The van der Waals surface area contributed by atoms with Gasteiger partial charge in [0.1, 0.15) is 0 Å². The summed E-state index contributed by atoms with van der Waals surface area (Å²) in [6.07, 6.45) is 1.03. The summed E-state index contributed by atoms with van der Waals surface area (Å²) in [5.74, 6) is 0.293. The van der Waals surface area contributed by atoms with E-state index in [1.807, 2.05) is 16.2 Å². The molecule has 104 valence electrons. The molecule has 0 saturated carbocycles. The Balaban J connectivity index is 1.54. The van der Waals surface area contributed by atoms with E-state index < -0.39 is 0 Å². The van der Waals surface area contributed by atoms with Crippen molar-refractivity contribution in [2.45, 2.75) is 13.0 Å². The van der Waals surface area contributed by atoms with Gasteiger partial charge in [-0.25, -0.2) is 0 Å². The summed E-state index contributed by atoms with van der Waals surface area (Å²) in [6.45, 7) is 6.46. The molecule has 0 N–H and O–H groups in total. The van der Waals surface area contributed by atoms with E-state index >= 15 is 0 Å². The molecule has 0 aromatic carbocycles. The number of fused-ring (bicyclic) bond motifs is 1. The van der Waals surface area contributed by atoms with Gasteiger partial charge in [-0.1, -0.05) is 0 Å². The number of rotatable bonds is 2. The fraction of sp³-hybridized carbons (Fsp3) is 0.643. The third kappa shape index (κ3) is 2.99. The maximum Gasteiger partial charge on any atom is 0.237 e. The molecule has 1 aromatic heterocycles. The second kappa shape index (κ2) is 5.61. The maximum atomic E-state index is 12.4. The Morgan fingerprint density at radius 2 is 2.05 bits per heavy atom. The number of carbonyl (C=O) groups excluding carboxylic acids is 1. The fourth-order valence-electron chi connectivity index (χ4n) is 2.76. The van der Waals surface area contributed by atoms with Gasteiger partial charge in [0.25, 0.3) is 0 Å². The smallest absolute Gasteiger partial charge is 0.237 e. The first-order valence-corrected chi connectivity index (χ1v) is 7.84. The lowest BCUT2D eigenvalue weighted by molar-refractivity contribution is -0.133. The molecule has 1 saturated heterocycles. The minimum atomic E-state index is 0.293. The molecule has 0 spiro atoms. The highest BCUT2D eigenvalue weighted by Crippen LogP contribution is 2.24. The normalized spacial score (nSPS) is 21.4. The zero-order chi connectivity index (χ0) is 13.2. The summed E-state index contributed by atoms with van der Waals surface area (Å²) in [5.41, 5.74) is 1.35. The Labute approximate surface area is 118 Å². The Morgan fingerprint density at radius 3 is 2.84 bits per heavy atom. The molecule has 0 aliphatic carbocycles. The van der Waals surface area contributed by atoms with Crippen molar-refractivity contribution in [1.82, 2.24) is 14.7 Å². The molecule has 0 radical (unpaired) electrons.